The fourth-order valence-electron chi connectivity index (χ4n) is 4.01. The first kappa shape index (κ1) is 19.7. The lowest BCUT2D eigenvalue weighted by atomic mass is 10.1. The van der Waals surface area contributed by atoms with Crippen molar-refractivity contribution in [3.63, 3.8) is 0 Å². The number of allylic oxidation sites excluding steroid dienone is 1. The maximum Gasteiger partial charge on any atom is 0.328 e. The minimum Gasteiger partial charge on any atom is -0.385 e. The molecule has 154 valence electrons. The molecule has 0 N–H and O–H groups in total. The number of aliphatic imine (C=N–C) groups is 1. The van der Waals surface area contributed by atoms with Gasteiger partial charge in [-0.1, -0.05) is 23.7 Å². The zero-order chi connectivity index (χ0) is 20.7. The lowest BCUT2D eigenvalue weighted by Gasteiger charge is -2.40. The minimum absolute atomic E-state index is 0.176. The smallest absolute Gasteiger partial charge is 0.328 e. The quantitative estimate of drug-likeness (QED) is 0.664. The van der Waals surface area contributed by atoms with E-state index in [1.54, 1.807) is 31.2 Å². The van der Waals surface area contributed by atoms with Crippen molar-refractivity contribution in [1.82, 2.24) is 19.6 Å². The summed E-state index contributed by atoms with van der Waals surface area (Å²) in [4.78, 5) is 37.8. The number of imide groups is 1. The molecule has 3 amide bonds. The number of rotatable bonds is 6. The monoisotopic (exact) mass is 417 g/mol. The molecule has 2 atom stereocenters. The van der Waals surface area contributed by atoms with Crippen LogP contribution in [0.5, 0.6) is 0 Å². The molecular weight excluding hydrogens is 394 g/mol. The highest BCUT2D eigenvalue weighted by atomic mass is 35.5. The van der Waals surface area contributed by atoms with E-state index in [0.717, 1.165) is 24.2 Å². The number of nitrogens with zero attached hydrogens (tertiary/aromatic N) is 5. The van der Waals surface area contributed by atoms with Crippen molar-refractivity contribution >= 4 is 29.5 Å². The Bertz CT molecular complexity index is 902. The van der Waals surface area contributed by atoms with Crippen molar-refractivity contribution in [2.24, 2.45) is 4.99 Å². The fraction of sp³-hybridized carbons (Fsp3) is 0.450. The van der Waals surface area contributed by atoms with Gasteiger partial charge < -0.3 is 19.4 Å². The molecule has 3 aliphatic heterocycles. The van der Waals surface area contributed by atoms with Gasteiger partial charge in [-0.05, 0) is 31.0 Å². The molecule has 1 aromatic rings. The molecular formula is C20H24ClN5O3. The maximum absolute atomic E-state index is 13.3. The highest BCUT2D eigenvalue weighted by Gasteiger charge is 2.54. The average Bonchev–Trinajstić information content (AvgIpc) is 3.19. The van der Waals surface area contributed by atoms with Crippen LogP contribution in [0, 0.1) is 0 Å². The van der Waals surface area contributed by atoms with Gasteiger partial charge in [0.1, 0.15) is 0 Å². The largest absolute Gasteiger partial charge is 0.385 e. The summed E-state index contributed by atoms with van der Waals surface area (Å²) in [5.41, 5.74) is 1.83. The molecule has 1 aromatic carbocycles. The van der Waals surface area contributed by atoms with Crippen molar-refractivity contribution in [1.29, 1.82) is 0 Å². The normalized spacial score (nSPS) is 23.4. The number of urea groups is 1. The second-order valence-corrected chi connectivity index (χ2v) is 7.85. The second kappa shape index (κ2) is 7.68. The van der Waals surface area contributed by atoms with Gasteiger partial charge in [0.25, 0.3) is 5.91 Å². The predicted octanol–water partition coefficient (Wildman–Crippen LogP) is 2.31. The van der Waals surface area contributed by atoms with Gasteiger partial charge in [-0.15, -0.1) is 0 Å². The van der Waals surface area contributed by atoms with Crippen LogP contribution in [0.1, 0.15) is 18.9 Å². The van der Waals surface area contributed by atoms with E-state index < -0.39 is 12.2 Å². The van der Waals surface area contributed by atoms with E-state index >= 15 is 0 Å². The van der Waals surface area contributed by atoms with Gasteiger partial charge in [0.2, 0.25) is 5.96 Å². The average molecular weight is 418 g/mol. The van der Waals surface area contributed by atoms with E-state index in [4.69, 9.17) is 21.3 Å². The number of amides is 3. The molecule has 0 aliphatic carbocycles. The summed E-state index contributed by atoms with van der Waals surface area (Å²) in [6, 6.07) is 6.28. The number of hydrogen-bond donors (Lipinski definition) is 0. The number of hydrogen-bond acceptors (Lipinski definition) is 6. The molecule has 9 heteroatoms. The molecule has 3 heterocycles. The fourth-order valence-corrected chi connectivity index (χ4v) is 4.22. The van der Waals surface area contributed by atoms with Crippen LogP contribution in [-0.4, -0.2) is 77.0 Å². The third kappa shape index (κ3) is 3.36. The number of carbonyl (C=O) groups excluding carboxylic acids is 2. The molecule has 0 bridgehead atoms. The van der Waals surface area contributed by atoms with E-state index in [0.29, 0.717) is 17.6 Å². The van der Waals surface area contributed by atoms with Gasteiger partial charge in [-0.25, -0.2) is 9.79 Å². The van der Waals surface area contributed by atoms with Crippen molar-refractivity contribution in [3.8, 4) is 0 Å². The summed E-state index contributed by atoms with van der Waals surface area (Å²) < 4.78 is 5.15. The maximum atomic E-state index is 13.3. The summed E-state index contributed by atoms with van der Waals surface area (Å²) in [6.45, 7) is 3.56. The molecule has 1 fully saturated rings. The predicted molar refractivity (Wildman–Crippen MR) is 109 cm³/mol. The first-order valence-electron chi connectivity index (χ1n) is 9.56. The zero-order valence-corrected chi connectivity index (χ0v) is 17.5. The minimum atomic E-state index is -0.561. The Balaban J connectivity index is 1.58. The molecule has 0 radical (unpaired) electrons. The van der Waals surface area contributed by atoms with E-state index in [1.165, 1.54) is 4.90 Å². The van der Waals surface area contributed by atoms with Gasteiger partial charge in [0.05, 0.1) is 6.54 Å². The van der Waals surface area contributed by atoms with Crippen LogP contribution in [-0.2, 0) is 16.1 Å². The summed E-state index contributed by atoms with van der Waals surface area (Å²) in [6.07, 6.45) is 2.25. The Morgan fingerprint density at radius 3 is 2.76 bits per heavy atom. The Hall–Kier alpha value is -2.58. The molecule has 3 aliphatic rings. The van der Waals surface area contributed by atoms with E-state index in [1.807, 2.05) is 30.2 Å². The van der Waals surface area contributed by atoms with Gasteiger partial charge in [0, 0.05) is 44.2 Å². The van der Waals surface area contributed by atoms with Crippen molar-refractivity contribution in [2.45, 2.75) is 32.1 Å². The second-order valence-electron chi connectivity index (χ2n) is 7.41. The van der Waals surface area contributed by atoms with Crippen LogP contribution >= 0.6 is 11.6 Å². The molecule has 4 rings (SSSR count). The molecule has 0 aromatic heterocycles. The SMILES string of the molecule is COCCCN1C(C)=CN2C1=NC1C2C(=O)N(Cc2cccc(Cl)c2)C(=O)N1C. The van der Waals surface area contributed by atoms with Crippen molar-refractivity contribution in [2.75, 3.05) is 27.3 Å². The number of guanidine groups is 1. The van der Waals surface area contributed by atoms with Crippen molar-refractivity contribution in [3.05, 3.63) is 46.7 Å². The Morgan fingerprint density at radius 2 is 2.03 bits per heavy atom. The summed E-state index contributed by atoms with van der Waals surface area (Å²) in [7, 11) is 3.36. The highest BCUT2D eigenvalue weighted by Crippen LogP contribution is 2.34. The first-order valence-corrected chi connectivity index (χ1v) is 9.94. The number of benzene rings is 1. The van der Waals surface area contributed by atoms with Gasteiger partial charge in [-0.3, -0.25) is 9.69 Å². The van der Waals surface area contributed by atoms with Crippen molar-refractivity contribution < 1.29 is 14.3 Å². The molecule has 2 unspecified atom stereocenters. The zero-order valence-electron chi connectivity index (χ0n) is 16.7. The molecule has 0 spiro atoms. The molecule has 8 nitrogen and oxygen atoms in total. The van der Waals surface area contributed by atoms with Gasteiger partial charge in [-0.2, -0.15) is 0 Å². The summed E-state index contributed by atoms with van der Waals surface area (Å²) >= 11 is 6.06. The number of carbonyl (C=O) groups is 2. The highest BCUT2D eigenvalue weighted by molar-refractivity contribution is 6.30. The lowest BCUT2D eigenvalue weighted by Crippen LogP contribution is -2.63. The van der Waals surface area contributed by atoms with Crippen LogP contribution in [0.4, 0.5) is 4.79 Å². The lowest BCUT2D eigenvalue weighted by molar-refractivity contribution is -0.137. The number of ether oxygens (including phenoxy) is 1. The molecule has 1 saturated heterocycles. The van der Waals surface area contributed by atoms with Crippen LogP contribution in [0.15, 0.2) is 41.2 Å². The Kier molecular flexibility index (Phi) is 5.23. The standard InChI is InChI=1S/C20H24ClN5O3/c1-13-11-25-16-17(22-19(25)24(13)8-5-9-29-3)23(2)20(28)26(18(16)27)12-14-6-4-7-15(21)10-14/h4,6-7,10-11,16-17H,5,8-9,12H2,1-3H3. The van der Waals surface area contributed by atoms with Crippen LogP contribution < -0.4 is 0 Å². The van der Waals surface area contributed by atoms with E-state index in [2.05, 4.69) is 4.90 Å². The Labute approximate surface area is 175 Å². The number of fused-ring (bicyclic) bond motifs is 3. The van der Waals surface area contributed by atoms with E-state index in [-0.39, 0.29) is 18.5 Å². The number of methoxy groups -OCH3 is 1. The van der Waals surface area contributed by atoms with Gasteiger partial charge >= 0.3 is 6.03 Å². The Morgan fingerprint density at radius 1 is 1.24 bits per heavy atom. The summed E-state index contributed by atoms with van der Waals surface area (Å²) in [5, 5.41) is 0.571. The number of halogens is 1. The third-order valence-electron chi connectivity index (χ3n) is 5.46. The van der Waals surface area contributed by atoms with Gasteiger partial charge in [0.15, 0.2) is 12.2 Å². The molecule has 29 heavy (non-hydrogen) atoms. The van der Waals surface area contributed by atoms with Crippen LogP contribution in [0.3, 0.4) is 0 Å². The topological polar surface area (TPSA) is 68.7 Å². The van der Waals surface area contributed by atoms with E-state index in [9.17, 15) is 9.59 Å². The number of likely N-dealkylation sites (N-methyl/N-ethyl adjacent to an activating group) is 1. The summed E-state index contributed by atoms with van der Waals surface area (Å²) in [5.74, 6) is 0.464. The third-order valence-corrected chi connectivity index (χ3v) is 5.70. The van der Waals surface area contributed by atoms with Crippen LogP contribution in [0.2, 0.25) is 5.02 Å². The first-order chi connectivity index (χ1) is 13.9. The molecule has 0 saturated carbocycles. The van der Waals surface area contributed by atoms with Crippen LogP contribution in [0.25, 0.3) is 0 Å².